The third-order valence-corrected chi connectivity index (χ3v) is 9.12. The van der Waals surface area contributed by atoms with E-state index in [4.69, 9.17) is 5.11 Å². The van der Waals surface area contributed by atoms with E-state index in [-0.39, 0.29) is 41.2 Å². The molecule has 3 N–H and O–H groups in total. The third-order valence-electron chi connectivity index (χ3n) is 9.12. The number of ether oxygens (including phenoxy) is 1. The molecule has 0 bridgehead atoms. The first kappa shape index (κ1) is 42.9. The number of esters is 1. The van der Waals surface area contributed by atoms with Crippen molar-refractivity contribution in [1.29, 1.82) is 0 Å². The van der Waals surface area contributed by atoms with Crippen LogP contribution in [0.3, 0.4) is 0 Å². The zero-order chi connectivity index (χ0) is 42.6. The van der Waals surface area contributed by atoms with Crippen LogP contribution < -0.4 is 10.6 Å². The molecule has 0 aliphatic carbocycles. The fourth-order valence-electron chi connectivity index (χ4n) is 5.86. The van der Waals surface area contributed by atoms with Crippen LogP contribution in [0.5, 0.6) is 0 Å². The molecule has 0 aliphatic rings. The lowest BCUT2D eigenvalue weighted by molar-refractivity contribution is 0.0599. The normalized spacial score (nSPS) is 11.6. The third kappa shape index (κ3) is 11.9. The molecule has 2 heterocycles. The van der Waals surface area contributed by atoms with E-state index in [9.17, 15) is 36.7 Å². The van der Waals surface area contributed by atoms with E-state index in [1.54, 1.807) is 74.5 Å². The van der Waals surface area contributed by atoms with Crippen LogP contribution in [-0.2, 0) is 17.6 Å². The second-order valence-electron chi connectivity index (χ2n) is 13.3. The van der Waals surface area contributed by atoms with Gasteiger partial charge < -0.3 is 20.5 Å². The van der Waals surface area contributed by atoms with E-state index in [2.05, 4.69) is 25.3 Å². The van der Waals surface area contributed by atoms with Crippen molar-refractivity contribution in [2.45, 2.75) is 38.8 Å². The Balaban J connectivity index is 0.000000224. The van der Waals surface area contributed by atoms with Crippen LogP contribution in [-0.4, -0.2) is 45.9 Å². The van der Waals surface area contributed by atoms with Gasteiger partial charge in [0.2, 0.25) is 0 Å². The Morgan fingerprint density at radius 2 is 0.949 bits per heavy atom. The standard InChI is InChI=1S/C23H20F2N2O3.C22H18F2N2O3/c1-14(16-5-7-17(8-6-16)23(29)30-2)27-22(28)20-12-19(25)13-26-21(20)11-15-3-9-18(24)10-4-15;1-13(15-4-6-16(7-5-15)22(28)29)26-21(27)19-11-18(24)12-25-20(19)10-14-2-8-17(23)9-3-14/h3-10,12-14H,11H2,1-2H3,(H,27,28);2-9,11-13H,10H2,1H3,(H,26,27)(H,28,29)/t14-;13-/m00/s1. The van der Waals surface area contributed by atoms with Gasteiger partial charge >= 0.3 is 11.9 Å². The Bertz CT molecular complexity index is 2430. The van der Waals surface area contributed by atoms with E-state index in [0.717, 1.165) is 41.2 Å². The van der Waals surface area contributed by atoms with Crippen LogP contribution in [0.1, 0.15) is 101 Å². The Morgan fingerprint density at radius 1 is 0.576 bits per heavy atom. The number of aromatic carboxylic acids is 1. The number of aromatic nitrogens is 2. The lowest BCUT2D eigenvalue weighted by atomic mass is 10.0. The number of pyridine rings is 2. The molecule has 2 aromatic heterocycles. The second kappa shape index (κ2) is 19.8. The summed E-state index contributed by atoms with van der Waals surface area (Å²) in [6, 6.07) is 25.7. The predicted molar refractivity (Wildman–Crippen MR) is 210 cm³/mol. The first-order valence-electron chi connectivity index (χ1n) is 18.1. The number of nitrogens with one attached hydrogen (secondary N) is 2. The molecular weight excluding hydrogens is 769 g/mol. The van der Waals surface area contributed by atoms with Crippen molar-refractivity contribution < 1.29 is 46.6 Å². The highest BCUT2D eigenvalue weighted by Gasteiger charge is 2.20. The average Bonchev–Trinajstić information content (AvgIpc) is 3.23. The summed E-state index contributed by atoms with van der Waals surface area (Å²) in [4.78, 5) is 56.1. The zero-order valence-electron chi connectivity index (χ0n) is 32.0. The molecule has 10 nitrogen and oxygen atoms in total. The van der Waals surface area contributed by atoms with Crippen molar-refractivity contribution in [2.75, 3.05) is 7.11 Å². The maximum atomic E-state index is 13.8. The molecule has 0 saturated carbocycles. The lowest BCUT2D eigenvalue weighted by Crippen LogP contribution is -2.28. The summed E-state index contributed by atoms with van der Waals surface area (Å²) in [5.41, 5.74) is 4.43. The summed E-state index contributed by atoms with van der Waals surface area (Å²) >= 11 is 0. The summed E-state index contributed by atoms with van der Waals surface area (Å²) in [5.74, 6) is -4.49. The quantitative estimate of drug-likeness (QED) is 0.0826. The highest BCUT2D eigenvalue weighted by molar-refractivity contribution is 5.96. The van der Waals surface area contributed by atoms with Crippen molar-refractivity contribution in [3.63, 3.8) is 0 Å². The van der Waals surface area contributed by atoms with Crippen molar-refractivity contribution in [3.05, 3.63) is 201 Å². The molecule has 0 spiro atoms. The number of carboxylic acids is 1. The van der Waals surface area contributed by atoms with Crippen LogP contribution >= 0.6 is 0 Å². The average molecular weight is 807 g/mol. The fraction of sp³-hybridized carbons (Fsp3) is 0.156. The molecule has 6 rings (SSSR count). The van der Waals surface area contributed by atoms with Crippen LogP contribution in [0.15, 0.2) is 122 Å². The maximum absolute atomic E-state index is 13.8. The number of hydrogen-bond acceptors (Lipinski definition) is 7. The SMILES string of the molecule is COC(=O)c1ccc([C@H](C)NC(=O)c2cc(F)cnc2Cc2ccc(F)cc2)cc1.C[C@H](NC(=O)c1cc(F)cnc1Cc1ccc(F)cc1)c1ccc(C(=O)O)cc1. The number of carboxylic acid groups (broad SMARTS) is 1. The number of amides is 2. The minimum absolute atomic E-state index is 0.0864. The number of halogens is 4. The molecule has 2 atom stereocenters. The van der Waals surface area contributed by atoms with Gasteiger partial charge in [0, 0.05) is 12.8 Å². The zero-order valence-corrected chi connectivity index (χ0v) is 32.0. The lowest BCUT2D eigenvalue weighted by Gasteiger charge is -2.16. The predicted octanol–water partition coefficient (Wildman–Crippen LogP) is 8.37. The summed E-state index contributed by atoms with van der Waals surface area (Å²) in [7, 11) is 1.30. The minimum Gasteiger partial charge on any atom is -0.478 e. The Hall–Kier alpha value is -7.22. The van der Waals surface area contributed by atoms with Crippen molar-refractivity contribution in [1.82, 2.24) is 20.6 Å². The smallest absolute Gasteiger partial charge is 0.337 e. The first-order chi connectivity index (χ1) is 28.2. The van der Waals surface area contributed by atoms with Crippen molar-refractivity contribution >= 4 is 23.8 Å². The highest BCUT2D eigenvalue weighted by Crippen LogP contribution is 2.20. The van der Waals surface area contributed by atoms with Gasteiger partial charge in [-0.05, 0) is 96.8 Å². The van der Waals surface area contributed by atoms with Gasteiger partial charge in [0.1, 0.15) is 23.3 Å². The molecule has 4 aromatic carbocycles. The van der Waals surface area contributed by atoms with E-state index < -0.39 is 47.5 Å². The van der Waals surface area contributed by atoms with Gasteiger partial charge in [-0.3, -0.25) is 19.6 Å². The Kier molecular flexibility index (Phi) is 14.4. The number of benzene rings is 4. The molecule has 0 unspecified atom stereocenters. The van der Waals surface area contributed by atoms with Gasteiger partial charge in [-0.1, -0.05) is 48.5 Å². The molecular formula is C45H38F4N4O6. The molecule has 0 radical (unpaired) electrons. The first-order valence-corrected chi connectivity index (χ1v) is 18.1. The molecule has 0 saturated heterocycles. The second-order valence-corrected chi connectivity index (χ2v) is 13.3. The molecule has 0 aliphatic heterocycles. The molecule has 302 valence electrons. The minimum atomic E-state index is -1.04. The molecule has 59 heavy (non-hydrogen) atoms. The Morgan fingerprint density at radius 3 is 1.31 bits per heavy atom. The topological polar surface area (TPSA) is 148 Å². The van der Waals surface area contributed by atoms with Crippen LogP contribution in [0.2, 0.25) is 0 Å². The summed E-state index contributed by atoms with van der Waals surface area (Å²) < 4.78 is 58.4. The number of nitrogens with zero attached hydrogens (tertiary/aromatic N) is 2. The molecule has 14 heteroatoms. The molecule has 0 fully saturated rings. The summed E-state index contributed by atoms with van der Waals surface area (Å²) in [6.45, 7) is 3.51. The number of hydrogen-bond donors (Lipinski definition) is 3. The van der Waals surface area contributed by atoms with E-state index >= 15 is 0 Å². The van der Waals surface area contributed by atoms with E-state index in [0.29, 0.717) is 22.5 Å². The number of carbonyl (C=O) groups is 4. The van der Waals surface area contributed by atoms with Gasteiger partial charge in [-0.15, -0.1) is 0 Å². The monoisotopic (exact) mass is 806 g/mol. The van der Waals surface area contributed by atoms with Crippen LogP contribution in [0.25, 0.3) is 0 Å². The number of carbonyl (C=O) groups excluding carboxylic acids is 3. The maximum Gasteiger partial charge on any atom is 0.337 e. The van der Waals surface area contributed by atoms with Crippen LogP contribution in [0.4, 0.5) is 17.6 Å². The van der Waals surface area contributed by atoms with Crippen molar-refractivity contribution in [2.24, 2.45) is 0 Å². The van der Waals surface area contributed by atoms with Crippen molar-refractivity contribution in [3.8, 4) is 0 Å². The van der Waals surface area contributed by atoms with E-state index in [1.165, 1.54) is 43.5 Å². The highest BCUT2D eigenvalue weighted by atomic mass is 19.1. The Labute approximate surface area is 336 Å². The fourth-order valence-corrected chi connectivity index (χ4v) is 5.86. The largest absolute Gasteiger partial charge is 0.478 e. The van der Waals surface area contributed by atoms with Gasteiger partial charge in [0.15, 0.2) is 0 Å². The van der Waals surface area contributed by atoms with Gasteiger partial charge in [0.05, 0.1) is 65.2 Å². The number of rotatable bonds is 12. The molecule has 6 aromatic rings. The van der Waals surface area contributed by atoms with Gasteiger partial charge in [-0.25, -0.2) is 27.2 Å². The number of methoxy groups -OCH3 is 1. The van der Waals surface area contributed by atoms with Gasteiger partial charge in [-0.2, -0.15) is 0 Å². The van der Waals surface area contributed by atoms with Gasteiger partial charge in [0.25, 0.3) is 11.8 Å². The molecule has 2 amide bonds. The van der Waals surface area contributed by atoms with Crippen LogP contribution in [0, 0.1) is 23.3 Å². The summed E-state index contributed by atoms with van der Waals surface area (Å²) in [5, 5.41) is 14.6. The van der Waals surface area contributed by atoms with E-state index in [1.807, 2.05) is 0 Å². The summed E-state index contributed by atoms with van der Waals surface area (Å²) in [6.07, 6.45) is 2.57.